The smallest absolute Gasteiger partial charge is 0.337 e. The van der Waals surface area contributed by atoms with Crippen molar-refractivity contribution in [2.24, 2.45) is 0 Å². The van der Waals surface area contributed by atoms with E-state index in [2.05, 4.69) is 15.2 Å². The monoisotopic (exact) mass is 271 g/mol. The maximum atomic E-state index is 11.2. The van der Waals surface area contributed by atoms with Crippen LogP contribution in [0.4, 0.5) is 0 Å². The summed E-state index contributed by atoms with van der Waals surface area (Å²) in [4.78, 5) is 15.4. The summed E-state index contributed by atoms with van der Waals surface area (Å²) in [5.74, 6) is -0.162. The van der Waals surface area contributed by atoms with E-state index in [0.29, 0.717) is 12.1 Å². The van der Waals surface area contributed by atoms with E-state index in [1.165, 1.54) is 0 Å². The quantitative estimate of drug-likeness (QED) is 0.775. The Kier molecular flexibility index (Phi) is 2.94. The van der Waals surface area contributed by atoms with Gasteiger partial charge >= 0.3 is 5.97 Å². The molecule has 0 radical (unpaired) electrons. The molecule has 0 saturated carbocycles. The molecule has 0 aliphatic rings. The molecule has 1 aromatic carbocycles. The van der Waals surface area contributed by atoms with Crippen LogP contribution in [-0.2, 0) is 13.1 Å². The summed E-state index contributed by atoms with van der Waals surface area (Å²) in [7, 11) is 0. The van der Waals surface area contributed by atoms with Gasteiger partial charge in [-0.3, -0.25) is 0 Å². The van der Waals surface area contributed by atoms with Crippen LogP contribution in [0, 0.1) is 0 Å². The zero-order chi connectivity index (χ0) is 14.1. The Labute approximate surface area is 114 Å². The molecule has 0 aliphatic carbocycles. The summed E-state index contributed by atoms with van der Waals surface area (Å²) in [5.41, 5.74) is 1.47. The minimum absolute atomic E-state index is 0.207. The van der Waals surface area contributed by atoms with Crippen LogP contribution in [-0.4, -0.2) is 35.4 Å². The van der Waals surface area contributed by atoms with Crippen molar-refractivity contribution in [2.75, 3.05) is 0 Å². The molecular formula is C13H13N5O2. The first-order valence-corrected chi connectivity index (χ1v) is 6.24. The lowest BCUT2D eigenvalue weighted by Crippen LogP contribution is -2.07. The van der Waals surface area contributed by atoms with Crippen LogP contribution in [0.5, 0.6) is 0 Å². The fourth-order valence-corrected chi connectivity index (χ4v) is 2.20. The number of para-hydroxylation sites is 1. The number of benzene rings is 1. The second-order valence-electron chi connectivity index (χ2n) is 4.38. The number of fused-ring (bicyclic) bond motifs is 1. The van der Waals surface area contributed by atoms with E-state index in [0.717, 1.165) is 17.9 Å². The number of hydrogen-bond acceptors (Lipinski definition) is 4. The molecule has 7 nitrogen and oxygen atoms in total. The number of aryl methyl sites for hydroxylation is 1. The molecular weight excluding hydrogens is 258 g/mol. The number of aromatic nitrogens is 5. The van der Waals surface area contributed by atoms with Crippen LogP contribution < -0.4 is 0 Å². The highest BCUT2D eigenvalue weighted by Gasteiger charge is 2.13. The Hall–Kier alpha value is -2.70. The lowest BCUT2D eigenvalue weighted by molar-refractivity contribution is 0.0699. The van der Waals surface area contributed by atoms with Gasteiger partial charge in [-0.15, -0.1) is 10.2 Å². The SMILES string of the molecule is CCn1cnnc1Cn1cnc2c(C(=O)O)cccc21. The van der Waals surface area contributed by atoms with Crippen LogP contribution in [0.3, 0.4) is 0 Å². The zero-order valence-electron chi connectivity index (χ0n) is 10.9. The number of rotatable bonds is 4. The van der Waals surface area contributed by atoms with E-state index in [4.69, 9.17) is 5.11 Å². The average Bonchev–Trinajstić information content (AvgIpc) is 3.06. The van der Waals surface area contributed by atoms with Crippen molar-refractivity contribution in [3.8, 4) is 0 Å². The highest BCUT2D eigenvalue weighted by Crippen LogP contribution is 2.18. The Bertz CT molecular complexity index is 774. The third kappa shape index (κ3) is 1.93. The molecule has 1 N–H and O–H groups in total. The van der Waals surface area contributed by atoms with Gasteiger partial charge in [0.2, 0.25) is 0 Å². The second kappa shape index (κ2) is 4.76. The van der Waals surface area contributed by atoms with Gasteiger partial charge in [0, 0.05) is 6.54 Å². The molecule has 0 atom stereocenters. The zero-order valence-corrected chi connectivity index (χ0v) is 10.9. The highest BCUT2D eigenvalue weighted by molar-refractivity contribution is 6.00. The van der Waals surface area contributed by atoms with Gasteiger partial charge in [0.1, 0.15) is 11.8 Å². The summed E-state index contributed by atoms with van der Waals surface area (Å²) >= 11 is 0. The summed E-state index contributed by atoms with van der Waals surface area (Å²) in [6.45, 7) is 3.31. The van der Waals surface area contributed by atoms with Crippen molar-refractivity contribution in [3.63, 3.8) is 0 Å². The van der Waals surface area contributed by atoms with E-state index in [1.807, 2.05) is 22.1 Å². The van der Waals surface area contributed by atoms with Crippen molar-refractivity contribution < 1.29 is 9.90 Å². The second-order valence-corrected chi connectivity index (χ2v) is 4.38. The topological polar surface area (TPSA) is 85.8 Å². The first-order chi connectivity index (χ1) is 9.70. The number of carboxylic acid groups (broad SMARTS) is 1. The largest absolute Gasteiger partial charge is 0.478 e. The van der Waals surface area contributed by atoms with Gasteiger partial charge in [-0.25, -0.2) is 9.78 Å². The number of carbonyl (C=O) groups is 1. The fourth-order valence-electron chi connectivity index (χ4n) is 2.20. The molecule has 0 unspecified atom stereocenters. The predicted molar refractivity (Wildman–Crippen MR) is 71.5 cm³/mol. The first kappa shape index (κ1) is 12.3. The average molecular weight is 271 g/mol. The standard InChI is InChI=1S/C13H13N5O2/c1-2-17-8-15-16-11(17)6-18-7-14-12-9(13(19)20)4-3-5-10(12)18/h3-5,7-8H,2,6H2,1H3,(H,19,20). The summed E-state index contributed by atoms with van der Waals surface area (Å²) in [6, 6.07) is 5.12. The van der Waals surface area contributed by atoms with Crippen LogP contribution in [0.25, 0.3) is 11.0 Å². The van der Waals surface area contributed by atoms with Crippen molar-refractivity contribution >= 4 is 17.0 Å². The third-order valence-corrected chi connectivity index (χ3v) is 3.23. The Balaban J connectivity index is 2.05. The summed E-state index contributed by atoms with van der Waals surface area (Å²) in [6.07, 6.45) is 3.31. The molecule has 0 fully saturated rings. The molecule has 0 aliphatic heterocycles. The molecule has 0 amide bonds. The van der Waals surface area contributed by atoms with Crippen LogP contribution in [0.2, 0.25) is 0 Å². The molecule has 7 heteroatoms. The van der Waals surface area contributed by atoms with Gasteiger partial charge in [0.05, 0.1) is 24.0 Å². The number of nitrogens with zero attached hydrogens (tertiary/aromatic N) is 5. The van der Waals surface area contributed by atoms with Gasteiger partial charge in [0.25, 0.3) is 0 Å². The lowest BCUT2D eigenvalue weighted by atomic mass is 10.2. The summed E-state index contributed by atoms with van der Waals surface area (Å²) in [5, 5.41) is 17.1. The maximum absolute atomic E-state index is 11.2. The molecule has 2 aromatic heterocycles. The number of hydrogen-bond donors (Lipinski definition) is 1. The summed E-state index contributed by atoms with van der Waals surface area (Å²) < 4.78 is 3.81. The number of aromatic carboxylic acids is 1. The van der Waals surface area contributed by atoms with E-state index in [1.54, 1.807) is 24.8 Å². The lowest BCUT2D eigenvalue weighted by Gasteiger charge is -2.05. The van der Waals surface area contributed by atoms with Crippen molar-refractivity contribution in [1.82, 2.24) is 24.3 Å². The normalized spacial score (nSPS) is 11.1. The van der Waals surface area contributed by atoms with Crippen molar-refractivity contribution in [1.29, 1.82) is 0 Å². The Morgan fingerprint density at radius 2 is 2.15 bits per heavy atom. The van der Waals surface area contributed by atoms with E-state index in [-0.39, 0.29) is 5.56 Å². The number of imidazole rings is 1. The van der Waals surface area contributed by atoms with Gasteiger partial charge in [-0.1, -0.05) is 6.07 Å². The van der Waals surface area contributed by atoms with E-state index < -0.39 is 5.97 Å². The van der Waals surface area contributed by atoms with Crippen molar-refractivity contribution in [3.05, 3.63) is 42.2 Å². The van der Waals surface area contributed by atoms with Gasteiger partial charge in [0.15, 0.2) is 5.82 Å². The Morgan fingerprint density at radius 3 is 2.90 bits per heavy atom. The van der Waals surface area contributed by atoms with E-state index in [9.17, 15) is 4.79 Å². The van der Waals surface area contributed by atoms with Gasteiger partial charge < -0.3 is 14.2 Å². The fraction of sp³-hybridized carbons (Fsp3) is 0.231. The van der Waals surface area contributed by atoms with Gasteiger partial charge in [-0.2, -0.15) is 0 Å². The molecule has 3 aromatic rings. The van der Waals surface area contributed by atoms with Crippen LogP contribution in [0.1, 0.15) is 23.1 Å². The number of carboxylic acids is 1. The minimum Gasteiger partial charge on any atom is -0.478 e. The van der Waals surface area contributed by atoms with Gasteiger partial charge in [-0.05, 0) is 19.1 Å². The Morgan fingerprint density at radius 1 is 1.30 bits per heavy atom. The van der Waals surface area contributed by atoms with Crippen molar-refractivity contribution in [2.45, 2.75) is 20.0 Å². The minimum atomic E-state index is -0.974. The highest BCUT2D eigenvalue weighted by atomic mass is 16.4. The molecule has 0 saturated heterocycles. The van der Waals surface area contributed by atoms with Crippen LogP contribution in [0.15, 0.2) is 30.9 Å². The maximum Gasteiger partial charge on any atom is 0.337 e. The third-order valence-electron chi connectivity index (χ3n) is 3.23. The molecule has 20 heavy (non-hydrogen) atoms. The predicted octanol–water partition coefficient (Wildman–Crippen LogP) is 1.39. The molecule has 2 heterocycles. The molecule has 0 spiro atoms. The molecule has 3 rings (SSSR count). The van der Waals surface area contributed by atoms with E-state index >= 15 is 0 Å². The first-order valence-electron chi connectivity index (χ1n) is 6.24. The molecule has 0 bridgehead atoms. The van der Waals surface area contributed by atoms with Crippen LogP contribution >= 0.6 is 0 Å². The molecule has 102 valence electrons.